The van der Waals surface area contributed by atoms with Crippen molar-refractivity contribution in [1.82, 2.24) is 14.5 Å². The zero-order valence-electron chi connectivity index (χ0n) is 21.0. The van der Waals surface area contributed by atoms with Crippen molar-refractivity contribution in [2.45, 2.75) is 36.6 Å². The molecule has 1 heterocycles. The molecule has 3 rings (SSSR count). The summed E-state index contributed by atoms with van der Waals surface area (Å²) in [5, 5.41) is 5.53. The number of benzene rings is 1. The first-order valence-electron chi connectivity index (χ1n) is 12.0. The van der Waals surface area contributed by atoms with Crippen LogP contribution in [0.1, 0.15) is 36.6 Å². The lowest BCUT2D eigenvalue weighted by Gasteiger charge is -2.37. The number of carbonyl (C=O) groups excluding carboxylic acids is 1. The highest BCUT2D eigenvalue weighted by Crippen LogP contribution is 2.40. The number of nitrogens with one attached hydrogen (secondary N) is 1. The van der Waals surface area contributed by atoms with Gasteiger partial charge in [0.15, 0.2) is 0 Å². The summed E-state index contributed by atoms with van der Waals surface area (Å²) in [6.07, 6.45) is 4.49. The maximum atomic E-state index is 12.7. The second-order valence-corrected chi connectivity index (χ2v) is 13.3. The maximum Gasteiger partial charge on any atom is 0.246 e. The summed E-state index contributed by atoms with van der Waals surface area (Å²) in [4.78, 5) is 16.0. The Bertz CT molecular complexity index is 1090. The third-order valence-electron chi connectivity index (χ3n) is 6.68. The second-order valence-electron chi connectivity index (χ2n) is 9.46. The van der Waals surface area contributed by atoms with Gasteiger partial charge in [-0.05, 0) is 81.3 Å². The van der Waals surface area contributed by atoms with E-state index in [1.165, 1.54) is 30.1 Å². The minimum absolute atomic E-state index is 0.0178. The highest BCUT2D eigenvalue weighted by molar-refractivity contribution is 7.89. The number of amides is 1. The van der Waals surface area contributed by atoms with E-state index in [1.54, 1.807) is 0 Å². The van der Waals surface area contributed by atoms with Crippen LogP contribution in [0.2, 0.25) is 10.0 Å². The molecule has 0 spiro atoms. The van der Waals surface area contributed by atoms with Crippen molar-refractivity contribution in [3.05, 3.63) is 50.6 Å². The van der Waals surface area contributed by atoms with E-state index in [0.717, 1.165) is 30.0 Å². The molecule has 1 aliphatic rings. The lowest BCUT2D eigenvalue weighted by atomic mass is 9.77. The summed E-state index contributed by atoms with van der Waals surface area (Å²) >= 11 is 13.7. The molecular formula is C25H35Cl2N3O4S2. The van der Waals surface area contributed by atoms with Crippen molar-refractivity contribution in [2.24, 2.45) is 11.8 Å². The van der Waals surface area contributed by atoms with Crippen LogP contribution in [0.5, 0.6) is 0 Å². The Kier molecular flexibility index (Phi) is 11.1. The summed E-state index contributed by atoms with van der Waals surface area (Å²) in [5.41, 5.74) is 0. The van der Waals surface area contributed by atoms with Gasteiger partial charge in [-0.15, -0.1) is 11.3 Å². The van der Waals surface area contributed by atoms with E-state index in [-0.39, 0.29) is 35.6 Å². The van der Waals surface area contributed by atoms with Crippen LogP contribution in [0.3, 0.4) is 0 Å². The predicted molar refractivity (Wildman–Crippen MR) is 146 cm³/mol. The molecule has 1 saturated carbocycles. The number of thiophene rings is 1. The minimum atomic E-state index is -3.78. The topological polar surface area (TPSA) is 79.0 Å². The highest BCUT2D eigenvalue weighted by Gasteiger charge is 2.30. The molecular weight excluding hydrogens is 541 g/mol. The minimum Gasteiger partial charge on any atom is -0.370 e. The third kappa shape index (κ3) is 7.90. The second kappa shape index (κ2) is 13.6. The van der Waals surface area contributed by atoms with Gasteiger partial charge in [-0.1, -0.05) is 29.3 Å². The molecule has 7 nitrogen and oxygen atoms in total. The molecule has 36 heavy (non-hydrogen) atoms. The van der Waals surface area contributed by atoms with E-state index in [2.05, 4.69) is 41.8 Å². The first-order valence-corrected chi connectivity index (χ1v) is 15.1. The first-order chi connectivity index (χ1) is 17.1. The summed E-state index contributed by atoms with van der Waals surface area (Å²) in [5.74, 6) is 0.912. The van der Waals surface area contributed by atoms with Crippen molar-refractivity contribution < 1.29 is 17.9 Å². The number of sulfonamides is 1. The Labute approximate surface area is 228 Å². The Morgan fingerprint density at radius 1 is 1.17 bits per heavy atom. The zero-order valence-corrected chi connectivity index (χ0v) is 24.1. The van der Waals surface area contributed by atoms with Crippen molar-refractivity contribution in [3.63, 3.8) is 0 Å². The molecule has 11 heteroatoms. The maximum absolute atomic E-state index is 12.7. The Hall–Kier alpha value is -1.20. The van der Waals surface area contributed by atoms with Crippen LogP contribution >= 0.6 is 34.5 Å². The van der Waals surface area contributed by atoms with Gasteiger partial charge in [0.1, 0.15) is 11.5 Å². The number of ether oxygens (including phenoxy) is 1. The molecule has 200 valence electrons. The molecule has 0 saturated heterocycles. The van der Waals surface area contributed by atoms with Gasteiger partial charge in [0.05, 0.1) is 11.6 Å². The average molecular weight is 577 g/mol. The molecule has 1 fully saturated rings. The quantitative estimate of drug-likeness (QED) is 0.363. The molecule has 1 atom stereocenters. The van der Waals surface area contributed by atoms with Crippen LogP contribution in [0.4, 0.5) is 0 Å². The highest BCUT2D eigenvalue weighted by atomic mass is 35.5. The SMILES string of the molecule is CN(C)C(c1cccs1)C1CCC(CNC(=O)COCCN(C)S(=O)(=O)c2ccc(Cl)cc2Cl)CC1. The van der Waals surface area contributed by atoms with Crippen molar-refractivity contribution in [3.8, 4) is 0 Å². The standard InChI is InChI=1S/C25H35Cl2N3O4S2/c1-29(2)25(22-5-4-14-35-22)19-8-6-18(7-9-19)16-28-24(31)17-34-13-12-30(3)36(32,33)23-11-10-20(26)15-21(23)27/h4-5,10-11,14-15,18-19,25H,6-9,12-13,16-17H2,1-3H3,(H,28,31). The van der Waals surface area contributed by atoms with Gasteiger partial charge < -0.3 is 15.0 Å². The van der Waals surface area contributed by atoms with Gasteiger partial charge in [-0.25, -0.2) is 8.42 Å². The molecule has 1 unspecified atom stereocenters. The Balaban J connectivity index is 1.35. The molecule has 1 amide bonds. The van der Waals surface area contributed by atoms with Crippen LogP contribution < -0.4 is 5.32 Å². The van der Waals surface area contributed by atoms with Gasteiger partial charge in [0.2, 0.25) is 15.9 Å². The number of hydrogen-bond donors (Lipinski definition) is 1. The van der Waals surface area contributed by atoms with Gasteiger partial charge in [0.25, 0.3) is 0 Å². The van der Waals surface area contributed by atoms with Gasteiger partial charge in [-0.2, -0.15) is 4.31 Å². The molecule has 1 aliphatic carbocycles. The zero-order chi connectivity index (χ0) is 26.3. The predicted octanol–water partition coefficient (Wildman–Crippen LogP) is 4.92. The third-order valence-corrected chi connectivity index (χ3v) is 10.2. The van der Waals surface area contributed by atoms with Gasteiger partial charge in [-0.3, -0.25) is 4.79 Å². The van der Waals surface area contributed by atoms with Crippen molar-refractivity contribution in [2.75, 3.05) is 47.4 Å². The lowest BCUT2D eigenvalue weighted by molar-refractivity contribution is -0.126. The lowest BCUT2D eigenvalue weighted by Crippen LogP contribution is -2.36. The summed E-state index contributed by atoms with van der Waals surface area (Å²) in [7, 11) is 1.96. The summed E-state index contributed by atoms with van der Waals surface area (Å²) in [6.45, 7) is 0.722. The molecule has 2 aromatic rings. The van der Waals surface area contributed by atoms with E-state index in [1.807, 2.05) is 11.3 Å². The molecule has 0 radical (unpaired) electrons. The van der Waals surface area contributed by atoms with Crippen LogP contribution in [-0.4, -0.2) is 71.0 Å². The number of carbonyl (C=O) groups is 1. The fourth-order valence-corrected chi connectivity index (χ4v) is 7.63. The fourth-order valence-electron chi connectivity index (χ4n) is 4.72. The Morgan fingerprint density at radius 2 is 1.89 bits per heavy atom. The number of halogens is 2. The summed E-state index contributed by atoms with van der Waals surface area (Å²) in [6, 6.07) is 9.04. The summed E-state index contributed by atoms with van der Waals surface area (Å²) < 4.78 is 32.0. The van der Waals surface area contributed by atoms with Crippen molar-refractivity contribution in [1.29, 1.82) is 0 Å². The number of rotatable bonds is 12. The van der Waals surface area contributed by atoms with Crippen LogP contribution in [-0.2, 0) is 19.6 Å². The van der Waals surface area contributed by atoms with Crippen LogP contribution in [0.15, 0.2) is 40.6 Å². The van der Waals surface area contributed by atoms with Crippen LogP contribution in [0.25, 0.3) is 0 Å². The number of hydrogen-bond acceptors (Lipinski definition) is 6. The smallest absolute Gasteiger partial charge is 0.246 e. The van der Waals surface area contributed by atoms with Crippen molar-refractivity contribution >= 4 is 50.5 Å². The largest absolute Gasteiger partial charge is 0.370 e. The monoisotopic (exact) mass is 575 g/mol. The van der Waals surface area contributed by atoms with Gasteiger partial charge >= 0.3 is 0 Å². The molecule has 1 N–H and O–H groups in total. The van der Waals surface area contributed by atoms with Gasteiger partial charge in [0, 0.05) is 36.1 Å². The van der Waals surface area contributed by atoms with E-state index < -0.39 is 10.0 Å². The Morgan fingerprint density at radius 3 is 2.50 bits per heavy atom. The average Bonchev–Trinajstić information content (AvgIpc) is 3.35. The number of likely N-dealkylation sites (N-methyl/N-ethyl adjacent to an activating group) is 1. The fraction of sp³-hybridized carbons (Fsp3) is 0.560. The normalized spacial score (nSPS) is 19.5. The first kappa shape index (κ1) is 29.4. The number of nitrogens with zero attached hydrogens (tertiary/aromatic N) is 2. The molecule has 1 aromatic heterocycles. The van der Waals surface area contributed by atoms with E-state index >= 15 is 0 Å². The van der Waals surface area contributed by atoms with E-state index in [9.17, 15) is 13.2 Å². The van der Waals surface area contributed by atoms with E-state index in [4.69, 9.17) is 27.9 Å². The van der Waals surface area contributed by atoms with E-state index in [0.29, 0.717) is 29.4 Å². The molecule has 0 aliphatic heterocycles. The van der Waals surface area contributed by atoms with Crippen LogP contribution in [0, 0.1) is 11.8 Å². The molecule has 1 aromatic carbocycles. The molecule has 0 bridgehead atoms.